The molecule has 0 fully saturated rings. The van der Waals surface area contributed by atoms with Gasteiger partial charge in [-0.25, -0.2) is 4.39 Å². The van der Waals surface area contributed by atoms with E-state index < -0.39 is 6.17 Å². The third kappa shape index (κ3) is 2.56. The van der Waals surface area contributed by atoms with Gasteiger partial charge in [-0.2, -0.15) is 5.06 Å². The van der Waals surface area contributed by atoms with Gasteiger partial charge in [-0.3, -0.25) is 4.84 Å². The van der Waals surface area contributed by atoms with Crippen molar-refractivity contribution < 1.29 is 9.23 Å². The Morgan fingerprint density at radius 1 is 1.12 bits per heavy atom. The van der Waals surface area contributed by atoms with Crippen LogP contribution in [0, 0.1) is 0 Å². The molecule has 126 valence electrons. The monoisotopic (exact) mass is 325 g/mol. The van der Waals surface area contributed by atoms with E-state index in [0.29, 0.717) is 6.42 Å². The zero-order chi connectivity index (χ0) is 16.7. The van der Waals surface area contributed by atoms with Crippen LogP contribution in [0.1, 0.15) is 43.0 Å². The maximum Gasteiger partial charge on any atom is 0.125 e. The van der Waals surface area contributed by atoms with Gasteiger partial charge in [0.2, 0.25) is 0 Å². The van der Waals surface area contributed by atoms with Gasteiger partial charge in [0, 0.05) is 6.54 Å². The fourth-order valence-corrected chi connectivity index (χ4v) is 4.15. The standard InChI is InChI=1S/C21H24FNO/c1-3-20(14(2)22)24-23-12-11-15-8-6-10-18-17-9-5-4-7-16(17)13-19(23)21(15)18/h4-10,14,19-20H,3,11-13H2,1-2H3. The average molecular weight is 325 g/mol. The molecule has 0 amide bonds. The summed E-state index contributed by atoms with van der Waals surface area (Å²) in [6.45, 7) is 4.40. The Morgan fingerprint density at radius 2 is 1.88 bits per heavy atom. The Hall–Kier alpha value is -1.71. The minimum absolute atomic E-state index is 0.188. The molecule has 3 unspecified atom stereocenters. The van der Waals surface area contributed by atoms with Gasteiger partial charge in [0.05, 0.1) is 6.04 Å². The fourth-order valence-electron chi connectivity index (χ4n) is 4.15. The normalized spacial score (nSPS) is 21.7. The summed E-state index contributed by atoms with van der Waals surface area (Å²) in [4.78, 5) is 6.12. The number of hydrogen-bond acceptors (Lipinski definition) is 2. The fraction of sp³-hybridized carbons (Fsp3) is 0.429. The Kier molecular flexibility index (Phi) is 4.15. The van der Waals surface area contributed by atoms with Gasteiger partial charge >= 0.3 is 0 Å². The summed E-state index contributed by atoms with van der Waals surface area (Å²) in [5.74, 6) is 0. The van der Waals surface area contributed by atoms with E-state index in [1.807, 2.05) is 12.0 Å². The van der Waals surface area contributed by atoms with Gasteiger partial charge in [-0.05, 0) is 54.0 Å². The van der Waals surface area contributed by atoms with Crippen molar-refractivity contribution in [2.45, 2.75) is 51.4 Å². The van der Waals surface area contributed by atoms with E-state index in [2.05, 4.69) is 42.5 Å². The highest BCUT2D eigenvalue weighted by atomic mass is 19.1. The molecule has 2 aromatic carbocycles. The van der Waals surface area contributed by atoms with Crippen LogP contribution in [-0.4, -0.2) is 23.9 Å². The molecule has 3 heteroatoms. The van der Waals surface area contributed by atoms with Crippen LogP contribution >= 0.6 is 0 Å². The summed E-state index contributed by atoms with van der Waals surface area (Å²) in [6.07, 6.45) is 1.25. The molecular weight excluding hydrogens is 301 g/mol. The lowest BCUT2D eigenvalue weighted by Gasteiger charge is -2.42. The van der Waals surface area contributed by atoms with Crippen molar-refractivity contribution in [2.75, 3.05) is 6.54 Å². The van der Waals surface area contributed by atoms with E-state index in [9.17, 15) is 4.39 Å². The largest absolute Gasteiger partial charge is 0.292 e. The third-order valence-corrected chi connectivity index (χ3v) is 5.39. The SMILES string of the molecule is CCC(ON1CCc2cccc3c2C1Cc1ccccc1-3)C(C)F. The van der Waals surface area contributed by atoms with Crippen molar-refractivity contribution in [3.05, 3.63) is 59.2 Å². The van der Waals surface area contributed by atoms with Crippen LogP contribution in [-0.2, 0) is 17.7 Å². The molecule has 3 atom stereocenters. The molecule has 0 bridgehead atoms. The van der Waals surface area contributed by atoms with Crippen molar-refractivity contribution in [3.63, 3.8) is 0 Å². The average Bonchev–Trinajstić information content (AvgIpc) is 2.61. The molecule has 24 heavy (non-hydrogen) atoms. The molecular formula is C21H24FNO. The predicted octanol–water partition coefficient (Wildman–Crippen LogP) is 4.88. The highest BCUT2D eigenvalue weighted by Gasteiger charge is 2.36. The van der Waals surface area contributed by atoms with E-state index in [1.165, 1.54) is 27.8 Å². The van der Waals surface area contributed by atoms with Crippen molar-refractivity contribution in [2.24, 2.45) is 0 Å². The molecule has 2 nitrogen and oxygen atoms in total. The maximum absolute atomic E-state index is 13.8. The van der Waals surface area contributed by atoms with Crippen LogP contribution < -0.4 is 0 Å². The van der Waals surface area contributed by atoms with Crippen LogP contribution in [0.5, 0.6) is 0 Å². The summed E-state index contributed by atoms with van der Waals surface area (Å²) >= 11 is 0. The first kappa shape index (κ1) is 15.8. The lowest BCUT2D eigenvalue weighted by Crippen LogP contribution is -2.42. The van der Waals surface area contributed by atoms with Gasteiger partial charge in [0.15, 0.2) is 0 Å². The number of hydroxylamine groups is 2. The van der Waals surface area contributed by atoms with Crippen molar-refractivity contribution in [1.29, 1.82) is 0 Å². The van der Waals surface area contributed by atoms with Gasteiger partial charge < -0.3 is 0 Å². The molecule has 0 saturated carbocycles. The first-order valence-electron chi connectivity index (χ1n) is 8.96. The minimum atomic E-state index is -0.956. The Balaban J connectivity index is 1.74. The highest BCUT2D eigenvalue weighted by Crippen LogP contribution is 2.45. The summed E-state index contributed by atoms with van der Waals surface area (Å²) in [7, 11) is 0. The molecule has 0 spiro atoms. The first-order chi connectivity index (χ1) is 11.7. The van der Waals surface area contributed by atoms with Crippen LogP contribution in [0.25, 0.3) is 11.1 Å². The zero-order valence-corrected chi connectivity index (χ0v) is 14.3. The molecule has 2 aliphatic rings. The van der Waals surface area contributed by atoms with E-state index in [1.54, 1.807) is 6.92 Å². The second kappa shape index (κ2) is 6.30. The van der Waals surface area contributed by atoms with E-state index >= 15 is 0 Å². The summed E-state index contributed by atoms with van der Waals surface area (Å²) in [5.41, 5.74) is 6.79. The second-order valence-corrected chi connectivity index (χ2v) is 6.88. The Bertz CT molecular complexity index is 742. The molecule has 0 aromatic heterocycles. The maximum atomic E-state index is 13.8. The number of fused-ring (bicyclic) bond motifs is 2. The number of halogens is 1. The molecule has 0 N–H and O–H groups in total. The Labute approximate surface area is 143 Å². The molecule has 1 heterocycles. The van der Waals surface area contributed by atoms with Crippen LogP contribution in [0.4, 0.5) is 4.39 Å². The summed E-state index contributed by atoms with van der Waals surface area (Å²) in [5, 5.41) is 2.05. The molecule has 0 saturated heterocycles. The lowest BCUT2D eigenvalue weighted by atomic mass is 9.78. The molecule has 2 aromatic rings. The lowest BCUT2D eigenvalue weighted by molar-refractivity contribution is -0.239. The van der Waals surface area contributed by atoms with E-state index in [4.69, 9.17) is 4.84 Å². The number of nitrogens with zero attached hydrogens (tertiary/aromatic N) is 1. The molecule has 1 aliphatic carbocycles. The molecule has 0 radical (unpaired) electrons. The van der Waals surface area contributed by atoms with E-state index in [-0.39, 0.29) is 12.1 Å². The van der Waals surface area contributed by atoms with Crippen molar-refractivity contribution in [1.82, 2.24) is 5.06 Å². The molecule has 1 aliphatic heterocycles. The summed E-state index contributed by atoms with van der Waals surface area (Å²) in [6, 6.07) is 15.4. The number of rotatable bonds is 4. The highest BCUT2D eigenvalue weighted by molar-refractivity contribution is 5.75. The van der Waals surface area contributed by atoms with Crippen molar-refractivity contribution >= 4 is 0 Å². The first-order valence-corrected chi connectivity index (χ1v) is 8.96. The Morgan fingerprint density at radius 3 is 2.67 bits per heavy atom. The minimum Gasteiger partial charge on any atom is -0.292 e. The summed E-state index contributed by atoms with van der Waals surface area (Å²) < 4.78 is 13.8. The van der Waals surface area contributed by atoms with Crippen LogP contribution in [0.15, 0.2) is 42.5 Å². The predicted molar refractivity (Wildman–Crippen MR) is 94.5 cm³/mol. The quantitative estimate of drug-likeness (QED) is 0.794. The van der Waals surface area contributed by atoms with Gasteiger partial charge in [-0.1, -0.05) is 49.4 Å². The van der Waals surface area contributed by atoms with Gasteiger partial charge in [-0.15, -0.1) is 0 Å². The van der Waals surface area contributed by atoms with Crippen LogP contribution in [0.2, 0.25) is 0 Å². The van der Waals surface area contributed by atoms with Crippen LogP contribution in [0.3, 0.4) is 0 Å². The van der Waals surface area contributed by atoms with E-state index in [0.717, 1.165) is 19.4 Å². The number of benzene rings is 2. The van der Waals surface area contributed by atoms with Gasteiger partial charge in [0.25, 0.3) is 0 Å². The molecule has 4 rings (SSSR count). The van der Waals surface area contributed by atoms with Crippen molar-refractivity contribution in [3.8, 4) is 11.1 Å². The smallest absolute Gasteiger partial charge is 0.125 e. The zero-order valence-electron chi connectivity index (χ0n) is 14.3. The number of alkyl halides is 1. The number of hydrogen-bond donors (Lipinski definition) is 0. The third-order valence-electron chi connectivity index (χ3n) is 5.39. The topological polar surface area (TPSA) is 12.5 Å². The van der Waals surface area contributed by atoms with Gasteiger partial charge in [0.1, 0.15) is 12.3 Å². The second-order valence-electron chi connectivity index (χ2n) is 6.88.